The largest absolute Gasteiger partial charge is 0.383 e. The number of urea groups is 1. The summed E-state index contributed by atoms with van der Waals surface area (Å²) in [6.07, 6.45) is 2.40. The van der Waals surface area contributed by atoms with Crippen LogP contribution in [0.5, 0.6) is 0 Å². The third kappa shape index (κ3) is 7.11. The van der Waals surface area contributed by atoms with Gasteiger partial charge in [-0.1, -0.05) is 13.8 Å². The second-order valence-electron chi connectivity index (χ2n) is 7.68. The predicted octanol–water partition coefficient (Wildman–Crippen LogP) is 3.43. The van der Waals surface area contributed by atoms with Crippen LogP contribution in [0, 0.1) is 11.3 Å². The molecule has 2 aromatic rings. The standard InChI is InChI=1S/C23H31N7O4.C2H6/c1-25-13-16-10-15-6-5-8-30(21(15)29-20(16)22(33-3)34-4)23(31)28-19-11-18(26-7-9-32-2)17(12-24)14-27-19;1-2/h10-11,14,22,25H,5-9,13H2,1-4H3,(H2,26,27,28,31);1-2H3. The van der Waals surface area contributed by atoms with Crippen LogP contribution in [-0.2, 0) is 27.2 Å². The molecule has 0 fully saturated rings. The molecule has 196 valence electrons. The van der Waals surface area contributed by atoms with Crippen molar-refractivity contribution < 1.29 is 19.0 Å². The molecule has 11 heteroatoms. The molecule has 2 aromatic heterocycles. The fraction of sp³-hybridized carbons (Fsp3) is 0.520. The number of carbonyl (C=O) groups excluding carboxylic acids is 1. The Morgan fingerprint density at radius 3 is 2.64 bits per heavy atom. The Kier molecular flexibility index (Phi) is 12.0. The number of nitrogens with one attached hydrogen (secondary N) is 3. The van der Waals surface area contributed by atoms with Crippen molar-refractivity contribution in [2.24, 2.45) is 0 Å². The summed E-state index contributed by atoms with van der Waals surface area (Å²) in [4.78, 5) is 23.9. The van der Waals surface area contributed by atoms with Crippen molar-refractivity contribution in [2.75, 3.05) is 63.6 Å². The van der Waals surface area contributed by atoms with Crippen molar-refractivity contribution in [3.8, 4) is 6.07 Å². The average molecular weight is 500 g/mol. The minimum atomic E-state index is -0.651. The Labute approximate surface area is 213 Å². The van der Waals surface area contributed by atoms with Gasteiger partial charge < -0.3 is 24.8 Å². The van der Waals surface area contributed by atoms with Gasteiger partial charge in [0.2, 0.25) is 6.29 Å². The number of ether oxygens (including phenoxy) is 3. The van der Waals surface area contributed by atoms with E-state index >= 15 is 0 Å². The fourth-order valence-corrected chi connectivity index (χ4v) is 3.83. The van der Waals surface area contributed by atoms with E-state index in [-0.39, 0.29) is 6.03 Å². The number of hydrogen-bond donors (Lipinski definition) is 3. The van der Waals surface area contributed by atoms with Crippen LogP contribution >= 0.6 is 0 Å². The SMILES string of the molecule is CC.CNCc1cc2c(nc1C(OC)OC)N(C(=O)Nc1cc(NCCOC)c(C#N)cn1)CCC2. The molecule has 2 amide bonds. The summed E-state index contributed by atoms with van der Waals surface area (Å²) >= 11 is 0. The zero-order valence-corrected chi connectivity index (χ0v) is 22.0. The van der Waals surface area contributed by atoms with Gasteiger partial charge in [-0.2, -0.15) is 5.26 Å². The van der Waals surface area contributed by atoms with E-state index < -0.39 is 6.29 Å². The third-order valence-corrected chi connectivity index (χ3v) is 5.42. The number of rotatable bonds is 10. The first kappa shape index (κ1) is 28.9. The molecule has 3 heterocycles. The Morgan fingerprint density at radius 2 is 2.00 bits per heavy atom. The van der Waals surface area contributed by atoms with Crippen LogP contribution in [0.4, 0.5) is 22.1 Å². The molecule has 1 aliphatic rings. The Hall–Kier alpha value is -3.30. The van der Waals surface area contributed by atoms with Gasteiger partial charge in [0, 0.05) is 53.2 Å². The first-order valence-electron chi connectivity index (χ1n) is 12.0. The first-order valence-corrected chi connectivity index (χ1v) is 12.0. The van der Waals surface area contributed by atoms with Crippen LogP contribution in [-0.4, -0.2) is 64.1 Å². The highest BCUT2D eigenvalue weighted by molar-refractivity contribution is 6.01. The summed E-state index contributed by atoms with van der Waals surface area (Å²) < 4.78 is 15.9. The number of hydrogen-bond acceptors (Lipinski definition) is 9. The summed E-state index contributed by atoms with van der Waals surface area (Å²) in [6, 6.07) is 5.43. The molecular weight excluding hydrogens is 462 g/mol. The highest BCUT2D eigenvalue weighted by atomic mass is 16.7. The topological polar surface area (TPSA) is 134 Å². The molecule has 0 saturated heterocycles. The number of nitriles is 1. The molecule has 0 bridgehead atoms. The van der Waals surface area contributed by atoms with Crippen molar-refractivity contribution in [2.45, 2.75) is 39.5 Å². The normalized spacial score (nSPS) is 12.3. The van der Waals surface area contributed by atoms with Crippen LogP contribution in [0.3, 0.4) is 0 Å². The lowest BCUT2D eigenvalue weighted by atomic mass is 10.0. The molecule has 0 spiro atoms. The summed E-state index contributed by atoms with van der Waals surface area (Å²) in [5, 5.41) is 18.4. The van der Waals surface area contributed by atoms with Crippen LogP contribution in [0.25, 0.3) is 0 Å². The molecule has 0 aromatic carbocycles. The maximum Gasteiger partial charge on any atom is 0.328 e. The first-order chi connectivity index (χ1) is 17.6. The van der Waals surface area contributed by atoms with E-state index in [0.29, 0.717) is 54.8 Å². The van der Waals surface area contributed by atoms with Gasteiger partial charge in [0.1, 0.15) is 23.4 Å². The number of methoxy groups -OCH3 is 3. The van der Waals surface area contributed by atoms with Crippen molar-refractivity contribution in [1.29, 1.82) is 5.26 Å². The van der Waals surface area contributed by atoms with Gasteiger partial charge in [0.25, 0.3) is 0 Å². The van der Waals surface area contributed by atoms with E-state index in [2.05, 4.69) is 33.1 Å². The maximum atomic E-state index is 13.2. The van der Waals surface area contributed by atoms with Crippen molar-refractivity contribution in [3.05, 3.63) is 40.7 Å². The number of aryl methyl sites for hydroxylation is 1. The van der Waals surface area contributed by atoms with E-state index in [4.69, 9.17) is 19.2 Å². The average Bonchev–Trinajstić information content (AvgIpc) is 2.91. The number of aromatic nitrogens is 2. The van der Waals surface area contributed by atoms with Gasteiger partial charge in [0.05, 0.1) is 17.9 Å². The zero-order valence-electron chi connectivity index (χ0n) is 22.0. The molecule has 0 atom stereocenters. The lowest BCUT2D eigenvalue weighted by molar-refractivity contribution is -0.109. The van der Waals surface area contributed by atoms with Crippen LogP contribution in [0.1, 0.15) is 48.9 Å². The number of amides is 2. The minimum absolute atomic E-state index is 0.328. The number of pyridine rings is 2. The van der Waals surface area contributed by atoms with Gasteiger partial charge in [-0.25, -0.2) is 14.8 Å². The molecule has 1 aliphatic heterocycles. The Balaban J connectivity index is 0.00000222. The third-order valence-electron chi connectivity index (χ3n) is 5.42. The lowest BCUT2D eigenvalue weighted by Gasteiger charge is -2.30. The van der Waals surface area contributed by atoms with E-state index in [9.17, 15) is 10.1 Å². The number of fused-ring (bicyclic) bond motifs is 1. The van der Waals surface area contributed by atoms with E-state index in [1.165, 1.54) is 6.20 Å². The molecular formula is C25H37N7O4. The summed E-state index contributed by atoms with van der Waals surface area (Å²) in [5.41, 5.74) is 3.52. The van der Waals surface area contributed by atoms with E-state index in [0.717, 1.165) is 24.0 Å². The molecule has 0 saturated carbocycles. The molecule has 0 aliphatic carbocycles. The molecule has 0 radical (unpaired) electrons. The highest BCUT2D eigenvalue weighted by Crippen LogP contribution is 2.31. The highest BCUT2D eigenvalue weighted by Gasteiger charge is 2.28. The minimum Gasteiger partial charge on any atom is -0.383 e. The molecule has 0 unspecified atom stereocenters. The molecule has 11 nitrogen and oxygen atoms in total. The summed E-state index contributed by atoms with van der Waals surface area (Å²) in [7, 11) is 6.57. The van der Waals surface area contributed by atoms with Crippen LogP contribution < -0.4 is 20.9 Å². The van der Waals surface area contributed by atoms with Crippen molar-refractivity contribution >= 4 is 23.4 Å². The summed E-state index contributed by atoms with van der Waals surface area (Å²) in [5.74, 6) is 0.902. The molecule has 3 N–H and O–H groups in total. The van der Waals surface area contributed by atoms with E-state index in [1.54, 1.807) is 32.3 Å². The fourth-order valence-electron chi connectivity index (χ4n) is 3.83. The lowest BCUT2D eigenvalue weighted by Crippen LogP contribution is -2.40. The zero-order chi connectivity index (χ0) is 26.5. The summed E-state index contributed by atoms with van der Waals surface area (Å²) in [6.45, 7) is 6.10. The van der Waals surface area contributed by atoms with Gasteiger partial charge in [-0.05, 0) is 37.1 Å². The molecule has 3 rings (SSSR count). The predicted molar refractivity (Wildman–Crippen MR) is 139 cm³/mol. The van der Waals surface area contributed by atoms with Crippen LogP contribution in [0.2, 0.25) is 0 Å². The van der Waals surface area contributed by atoms with E-state index in [1.807, 2.05) is 20.9 Å². The quantitative estimate of drug-likeness (QED) is 0.332. The Bertz CT molecular complexity index is 1040. The van der Waals surface area contributed by atoms with Crippen LogP contribution in [0.15, 0.2) is 18.3 Å². The number of carbonyl (C=O) groups is 1. The number of anilines is 3. The van der Waals surface area contributed by atoms with Crippen molar-refractivity contribution in [3.63, 3.8) is 0 Å². The second-order valence-corrected chi connectivity index (χ2v) is 7.68. The van der Waals surface area contributed by atoms with Gasteiger partial charge >= 0.3 is 6.03 Å². The van der Waals surface area contributed by atoms with Gasteiger partial charge in [-0.15, -0.1) is 0 Å². The molecule has 36 heavy (non-hydrogen) atoms. The van der Waals surface area contributed by atoms with Gasteiger partial charge in [-0.3, -0.25) is 10.2 Å². The smallest absolute Gasteiger partial charge is 0.328 e. The second kappa shape index (κ2) is 15.0. The van der Waals surface area contributed by atoms with Gasteiger partial charge in [0.15, 0.2) is 0 Å². The number of nitrogens with zero attached hydrogens (tertiary/aromatic N) is 4. The monoisotopic (exact) mass is 499 g/mol. The maximum absolute atomic E-state index is 13.2. The Morgan fingerprint density at radius 1 is 1.25 bits per heavy atom. The van der Waals surface area contributed by atoms with Crippen molar-refractivity contribution in [1.82, 2.24) is 15.3 Å².